The van der Waals surface area contributed by atoms with Gasteiger partial charge in [0.05, 0.1) is 0 Å². The first-order valence-corrected chi connectivity index (χ1v) is 9.12. The largest absolute Gasteiger partial charge is 0.456 e. The Morgan fingerprint density at radius 3 is 2.61 bits per heavy atom. The van der Waals surface area contributed by atoms with Crippen molar-refractivity contribution in [3.63, 3.8) is 0 Å². The van der Waals surface area contributed by atoms with Crippen molar-refractivity contribution in [2.45, 2.75) is 33.4 Å². The first-order valence-electron chi connectivity index (χ1n) is 8.75. The van der Waals surface area contributed by atoms with Gasteiger partial charge in [-0.2, -0.15) is 0 Å². The third-order valence-corrected chi connectivity index (χ3v) is 4.71. The molecule has 0 saturated heterocycles. The maximum Gasteiger partial charge on any atom is 0.328 e. The molecule has 2 heterocycles. The van der Waals surface area contributed by atoms with Gasteiger partial charge in [-0.05, 0) is 54.5 Å². The Morgan fingerprint density at radius 2 is 1.93 bits per heavy atom. The van der Waals surface area contributed by atoms with Gasteiger partial charge in [0, 0.05) is 28.5 Å². The summed E-state index contributed by atoms with van der Waals surface area (Å²) in [5.41, 5.74) is 3.56. The standard InChI is InChI=1S/C19H20ClN5O3/c1-13-9-17(18(26)11-28-19(27)10-24-12-21-22-23-24)14(2)25(13)8-7-15-3-5-16(20)6-4-15/h3-6,9,12H,7-8,10-11H2,1-2H3. The number of tetrazole rings is 1. The van der Waals surface area contributed by atoms with Crippen LogP contribution in [0.15, 0.2) is 36.7 Å². The molecule has 1 aromatic carbocycles. The topological polar surface area (TPSA) is 91.9 Å². The predicted octanol–water partition coefficient (Wildman–Crippen LogP) is 2.41. The van der Waals surface area contributed by atoms with Crippen LogP contribution in [0, 0.1) is 13.8 Å². The molecule has 3 rings (SSSR count). The van der Waals surface area contributed by atoms with E-state index in [-0.39, 0.29) is 18.9 Å². The van der Waals surface area contributed by atoms with Crippen molar-refractivity contribution < 1.29 is 14.3 Å². The summed E-state index contributed by atoms with van der Waals surface area (Å²) >= 11 is 5.92. The van der Waals surface area contributed by atoms with E-state index in [1.807, 2.05) is 44.2 Å². The second kappa shape index (κ2) is 8.79. The fourth-order valence-corrected chi connectivity index (χ4v) is 3.10. The van der Waals surface area contributed by atoms with Crippen LogP contribution in [0.5, 0.6) is 0 Å². The number of aryl methyl sites for hydroxylation is 2. The van der Waals surface area contributed by atoms with Crippen LogP contribution in [0.2, 0.25) is 5.02 Å². The van der Waals surface area contributed by atoms with E-state index in [0.29, 0.717) is 10.6 Å². The Morgan fingerprint density at radius 1 is 1.18 bits per heavy atom. The van der Waals surface area contributed by atoms with E-state index in [2.05, 4.69) is 20.1 Å². The summed E-state index contributed by atoms with van der Waals surface area (Å²) in [6.07, 6.45) is 2.12. The van der Waals surface area contributed by atoms with E-state index in [1.165, 1.54) is 16.6 Å². The van der Waals surface area contributed by atoms with Crippen molar-refractivity contribution >= 4 is 23.4 Å². The van der Waals surface area contributed by atoms with Crippen LogP contribution in [0.25, 0.3) is 0 Å². The van der Waals surface area contributed by atoms with Crippen molar-refractivity contribution in [2.75, 3.05) is 6.61 Å². The molecule has 2 aromatic heterocycles. The van der Waals surface area contributed by atoms with Gasteiger partial charge >= 0.3 is 5.97 Å². The number of ether oxygens (including phenoxy) is 1. The lowest BCUT2D eigenvalue weighted by molar-refractivity contribution is -0.143. The number of esters is 1. The summed E-state index contributed by atoms with van der Waals surface area (Å²) in [5.74, 6) is -0.812. The number of carbonyl (C=O) groups is 2. The zero-order valence-corrected chi connectivity index (χ0v) is 16.4. The second-order valence-corrected chi connectivity index (χ2v) is 6.84. The summed E-state index contributed by atoms with van der Waals surface area (Å²) in [6.45, 7) is 4.13. The van der Waals surface area contributed by atoms with Crippen LogP contribution in [-0.2, 0) is 29.0 Å². The van der Waals surface area contributed by atoms with Crippen molar-refractivity contribution in [3.05, 3.63) is 64.2 Å². The Balaban J connectivity index is 1.59. The summed E-state index contributed by atoms with van der Waals surface area (Å²) in [7, 11) is 0. The molecular formula is C19H20ClN5O3. The van der Waals surface area contributed by atoms with E-state index >= 15 is 0 Å². The molecule has 0 unspecified atom stereocenters. The number of aromatic nitrogens is 5. The minimum Gasteiger partial charge on any atom is -0.456 e. The zero-order chi connectivity index (χ0) is 20.1. The monoisotopic (exact) mass is 401 g/mol. The van der Waals surface area contributed by atoms with E-state index in [9.17, 15) is 9.59 Å². The molecule has 0 atom stereocenters. The van der Waals surface area contributed by atoms with Gasteiger partial charge in [-0.15, -0.1) is 5.10 Å². The van der Waals surface area contributed by atoms with Crippen molar-refractivity contribution in [2.24, 2.45) is 0 Å². The van der Waals surface area contributed by atoms with Gasteiger partial charge in [-0.1, -0.05) is 23.7 Å². The Bertz CT molecular complexity index is 964. The average molecular weight is 402 g/mol. The quantitative estimate of drug-likeness (QED) is 0.425. The third kappa shape index (κ3) is 4.83. The lowest BCUT2D eigenvalue weighted by Gasteiger charge is -2.10. The van der Waals surface area contributed by atoms with Gasteiger partial charge in [0.1, 0.15) is 12.9 Å². The van der Waals surface area contributed by atoms with Crippen LogP contribution >= 0.6 is 11.6 Å². The highest BCUT2D eigenvalue weighted by Crippen LogP contribution is 2.18. The normalized spacial score (nSPS) is 10.8. The molecule has 0 aliphatic rings. The number of nitrogens with zero attached hydrogens (tertiary/aromatic N) is 5. The van der Waals surface area contributed by atoms with Crippen molar-refractivity contribution in [1.29, 1.82) is 0 Å². The van der Waals surface area contributed by atoms with Gasteiger partial charge in [0.2, 0.25) is 5.78 Å². The Hall–Kier alpha value is -3.00. The smallest absolute Gasteiger partial charge is 0.328 e. The molecule has 0 spiro atoms. The number of halogens is 1. The molecule has 0 fully saturated rings. The van der Waals surface area contributed by atoms with Crippen LogP contribution in [0.1, 0.15) is 27.3 Å². The summed E-state index contributed by atoms with van der Waals surface area (Å²) in [6, 6.07) is 9.55. The SMILES string of the molecule is Cc1cc(C(=O)COC(=O)Cn2cnnn2)c(C)n1CCc1ccc(Cl)cc1. The number of Topliss-reactive ketones (excluding diaryl/α,β-unsaturated/α-hetero) is 1. The molecule has 0 N–H and O–H groups in total. The number of carbonyl (C=O) groups excluding carboxylic acids is 2. The molecule has 0 bridgehead atoms. The number of benzene rings is 1. The molecule has 28 heavy (non-hydrogen) atoms. The van der Waals surface area contributed by atoms with Crippen LogP contribution in [0.3, 0.4) is 0 Å². The maximum atomic E-state index is 12.5. The van der Waals surface area contributed by atoms with Gasteiger partial charge in [0.15, 0.2) is 6.61 Å². The van der Waals surface area contributed by atoms with Gasteiger partial charge in [-0.3, -0.25) is 9.59 Å². The molecule has 0 saturated carbocycles. The second-order valence-electron chi connectivity index (χ2n) is 6.40. The molecule has 146 valence electrons. The van der Waals surface area contributed by atoms with Crippen molar-refractivity contribution in [1.82, 2.24) is 24.8 Å². The fourth-order valence-electron chi connectivity index (χ4n) is 2.97. The number of hydrogen-bond acceptors (Lipinski definition) is 6. The van der Waals surface area contributed by atoms with E-state index in [0.717, 1.165) is 24.4 Å². The predicted molar refractivity (Wildman–Crippen MR) is 102 cm³/mol. The summed E-state index contributed by atoms with van der Waals surface area (Å²) < 4.78 is 8.37. The number of hydrogen-bond donors (Lipinski definition) is 0. The first-order chi connectivity index (χ1) is 13.4. The molecule has 0 radical (unpaired) electrons. The highest BCUT2D eigenvalue weighted by Gasteiger charge is 2.17. The van der Waals surface area contributed by atoms with E-state index in [4.69, 9.17) is 16.3 Å². The molecule has 0 amide bonds. The number of ketones is 1. The van der Waals surface area contributed by atoms with Crippen LogP contribution in [-0.4, -0.2) is 43.1 Å². The fraction of sp³-hybridized carbons (Fsp3) is 0.316. The minimum absolute atomic E-state index is 0.138. The molecular weight excluding hydrogens is 382 g/mol. The lowest BCUT2D eigenvalue weighted by Crippen LogP contribution is -2.19. The third-order valence-electron chi connectivity index (χ3n) is 4.46. The number of rotatable bonds is 8. The van der Waals surface area contributed by atoms with Gasteiger partial charge in [-0.25, -0.2) is 4.68 Å². The summed E-state index contributed by atoms with van der Waals surface area (Å²) in [5, 5.41) is 11.2. The average Bonchev–Trinajstić information content (AvgIpc) is 3.27. The zero-order valence-electron chi connectivity index (χ0n) is 15.6. The van der Waals surface area contributed by atoms with Crippen LogP contribution < -0.4 is 0 Å². The van der Waals surface area contributed by atoms with Gasteiger partial charge in [0.25, 0.3) is 0 Å². The molecule has 8 nitrogen and oxygen atoms in total. The van der Waals surface area contributed by atoms with E-state index < -0.39 is 5.97 Å². The van der Waals surface area contributed by atoms with Crippen molar-refractivity contribution in [3.8, 4) is 0 Å². The molecule has 3 aromatic rings. The van der Waals surface area contributed by atoms with Crippen LogP contribution in [0.4, 0.5) is 0 Å². The highest BCUT2D eigenvalue weighted by atomic mass is 35.5. The van der Waals surface area contributed by atoms with E-state index in [1.54, 1.807) is 0 Å². The summed E-state index contributed by atoms with van der Waals surface area (Å²) in [4.78, 5) is 24.3. The molecule has 0 aliphatic carbocycles. The molecule has 0 aliphatic heterocycles. The lowest BCUT2D eigenvalue weighted by atomic mass is 10.1. The first kappa shape index (κ1) is 19.8. The maximum absolute atomic E-state index is 12.5. The Kier molecular flexibility index (Phi) is 6.20. The highest BCUT2D eigenvalue weighted by molar-refractivity contribution is 6.30. The Labute approximate surface area is 167 Å². The van der Waals surface area contributed by atoms with Gasteiger partial charge < -0.3 is 9.30 Å². The minimum atomic E-state index is -0.572. The molecule has 9 heteroatoms.